The van der Waals surface area contributed by atoms with E-state index in [1.807, 2.05) is 0 Å². The molecular formula is C14H20N. The number of nitrogens with zero attached hydrogens (tertiary/aromatic N) is 1. The van der Waals surface area contributed by atoms with Gasteiger partial charge in [-0.1, -0.05) is 36.8 Å². The first-order valence-corrected chi connectivity index (χ1v) is 5.94. The summed E-state index contributed by atoms with van der Waals surface area (Å²) in [6.45, 7) is 7.70. The van der Waals surface area contributed by atoms with Crippen molar-refractivity contribution in [2.45, 2.75) is 25.8 Å². The van der Waals surface area contributed by atoms with E-state index in [-0.39, 0.29) is 0 Å². The molecule has 1 heterocycles. The van der Waals surface area contributed by atoms with Gasteiger partial charge < -0.3 is 0 Å². The summed E-state index contributed by atoms with van der Waals surface area (Å²) in [5.74, 6) is 0.621. The third kappa shape index (κ3) is 3.35. The normalized spacial score (nSPS) is 23.7. The van der Waals surface area contributed by atoms with Crippen LogP contribution in [0.1, 0.15) is 24.8 Å². The lowest BCUT2D eigenvalue weighted by atomic mass is 10.1. The van der Waals surface area contributed by atoms with Crippen LogP contribution in [0, 0.1) is 12.8 Å². The van der Waals surface area contributed by atoms with Crippen molar-refractivity contribution in [3.63, 3.8) is 0 Å². The van der Waals surface area contributed by atoms with Crippen molar-refractivity contribution in [2.24, 2.45) is 5.92 Å². The molecule has 15 heavy (non-hydrogen) atoms. The molecule has 1 aromatic carbocycles. The summed E-state index contributed by atoms with van der Waals surface area (Å²) >= 11 is 0. The zero-order valence-corrected chi connectivity index (χ0v) is 9.36. The quantitative estimate of drug-likeness (QED) is 0.712. The van der Waals surface area contributed by atoms with E-state index < -0.39 is 0 Å². The Kier molecular flexibility index (Phi) is 3.79. The smallest absolute Gasteiger partial charge is 0.0233 e. The van der Waals surface area contributed by atoms with Crippen LogP contribution >= 0.6 is 0 Å². The average molecular weight is 202 g/mol. The number of benzene rings is 1. The van der Waals surface area contributed by atoms with Crippen LogP contribution in [0.2, 0.25) is 0 Å². The number of hydrogen-bond acceptors (Lipinski definition) is 1. The van der Waals surface area contributed by atoms with Crippen LogP contribution in [0.25, 0.3) is 0 Å². The first kappa shape index (κ1) is 10.7. The Bertz CT molecular complexity index is 281. The van der Waals surface area contributed by atoms with E-state index >= 15 is 0 Å². The Labute approximate surface area is 93.1 Å². The predicted octanol–water partition coefficient (Wildman–Crippen LogP) is 3.12. The molecule has 1 heteroatoms. The topological polar surface area (TPSA) is 3.24 Å². The Balaban J connectivity index is 1.93. The van der Waals surface area contributed by atoms with Crippen LogP contribution in [0.15, 0.2) is 30.3 Å². The summed E-state index contributed by atoms with van der Waals surface area (Å²) in [7, 11) is 0. The van der Waals surface area contributed by atoms with Gasteiger partial charge >= 0.3 is 0 Å². The molecular weight excluding hydrogens is 182 g/mol. The van der Waals surface area contributed by atoms with E-state index in [1.54, 1.807) is 0 Å². The zero-order chi connectivity index (χ0) is 10.5. The highest BCUT2D eigenvalue weighted by molar-refractivity contribution is 5.14. The van der Waals surface area contributed by atoms with Gasteiger partial charge in [-0.25, -0.2) is 0 Å². The van der Waals surface area contributed by atoms with Gasteiger partial charge in [-0.05, 0) is 37.8 Å². The summed E-state index contributed by atoms with van der Waals surface area (Å²) in [6.07, 6.45) is 3.98. The lowest BCUT2D eigenvalue weighted by molar-refractivity contribution is 0.257. The van der Waals surface area contributed by atoms with Crippen LogP contribution in [0.3, 0.4) is 0 Å². The SMILES string of the molecule is [CH2]C1CCCCN(Cc2ccccc2)C1. The maximum Gasteiger partial charge on any atom is 0.0233 e. The lowest BCUT2D eigenvalue weighted by Crippen LogP contribution is -2.27. The second-order valence-corrected chi connectivity index (χ2v) is 4.58. The molecule has 0 bridgehead atoms. The van der Waals surface area contributed by atoms with Crippen molar-refractivity contribution >= 4 is 0 Å². The van der Waals surface area contributed by atoms with E-state index in [0.29, 0.717) is 5.92 Å². The molecule has 1 nitrogen and oxygen atoms in total. The third-order valence-electron chi connectivity index (χ3n) is 3.10. The van der Waals surface area contributed by atoms with Crippen molar-refractivity contribution in [1.29, 1.82) is 0 Å². The molecule has 0 amide bonds. The van der Waals surface area contributed by atoms with E-state index in [0.717, 1.165) is 13.1 Å². The lowest BCUT2D eigenvalue weighted by Gasteiger charge is -2.22. The maximum atomic E-state index is 4.21. The minimum Gasteiger partial charge on any atom is -0.299 e. The molecule has 0 N–H and O–H groups in total. The summed E-state index contributed by atoms with van der Waals surface area (Å²) < 4.78 is 0. The predicted molar refractivity (Wildman–Crippen MR) is 64.4 cm³/mol. The zero-order valence-electron chi connectivity index (χ0n) is 9.36. The summed E-state index contributed by atoms with van der Waals surface area (Å²) in [4.78, 5) is 2.54. The minimum atomic E-state index is 0.621. The Hall–Kier alpha value is -0.820. The molecule has 1 radical (unpaired) electrons. The molecule has 1 aliphatic rings. The van der Waals surface area contributed by atoms with E-state index in [1.165, 1.54) is 31.4 Å². The van der Waals surface area contributed by atoms with Crippen LogP contribution in [-0.2, 0) is 6.54 Å². The van der Waals surface area contributed by atoms with E-state index in [4.69, 9.17) is 0 Å². The minimum absolute atomic E-state index is 0.621. The molecule has 1 aromatic rings. The van der Waals surface area contributed by atoms with Crippen molar-refractivity contribution in [3.8, 4) is 0 Å². The van der Waals surface area contributed by atoms with Crippen LogP contribution in [0.5, 0.6) is 0 Å². The van der Waals surface area contributed by atoms with Gasteiger partial charge in [0.05, 0.1) is 0 Å². The molecule has 1 fully saturated rings. The van der Waals surface area contributed by atoms with Gasteiger partial charge in [-0.2, -0.15) is 0 Å². The molecule has 1 unspecified atom stereocenters. The molecule has 0 aromatic heterocycles. The maximum absolute atomic E-state index is 4.21. The van der Waals surface area contributed by atoms with Gasteiger partial charge in [0.2, 0.25) is 0 Å². The molecule has 2 rings (SSSR count). The van der Waals surface area contributed by atoms with Crippen LogP contribution in [0.4, 0.5) is 0 Å². The van der Waals surface area contributed by atoms with Crippen molar-refractivity contribution < 1.29 is 0 Å². The molecule has 1 aliphatic heterocycles. The number of hydrogen-bond donors (Lipinski definition) is 0. The fourth-order valence-electron chi connectivity index (χ4n) is 2.30. The fourth-order valence-corrected chi connectivity index (χ4v) is 2.30. The highest BCUT2D eigenvalue weighted by atomic mass is 15.1. The van der Waals surface area contributed by atoms with E-state index in [9.17, 15) is 0 Å². The molecule has 0 spiro atoms. The number of likely N-dealkylation sites (tertiary alicyclic amines) is 1. The molecule has 1 atom stereocenters. The Morgan fingerprint density at radius 1 is 1.20 bits per heavy atom. The van der Waals surface area contributed by atoms with E-state index in [2.05, 4.69) is 42.2 Å². The van der Waals surface area contributed by atoms with Gasteiger partial charge in [0, 0.05) is 13.1 Å². The highest BCUT2D eigenvalue weighted by Crippen LogP contribution is 2.17. The van der Waals surface area contributed by atoms with Crippen molar-refractivity contribution in [2.75, 3.05) is 13.1 Å². The summed E-state index contributed by atoms with van der Waals surface area (Å²) in [5.41, 5.74) is 1.42. The molecule has 1 saturated heterocycles. The van der Waals surface area contributed by atoms with Gasteiger partial charge in [-0.15, -0.1) is 0 Å². The van der Waals surface area contributed by atoms with Crippen LogP contribution in [-0.4, -0.2) is 18.0 Å². The van der Waals surface area contributed by atoms with Crippen LogP contribution < -0.4 is 0 Å². The highest BCUT2D eigenvalue weighted by Gasteiger charge is 2.14. The Morgan fingerprint density at radius 2 is 2.00 bits per heavy atom. The van der Waals surface area contributed by atoms with Crippen molar-refractivity contribution in [3.05, 3.63) is 42.8 Å². The second-order valence-electron chi connectivity index (χ2n) is 4.58. The Morgan fingerprint density at radius 3 is 2.80 bits per heavy atom. The summed E-state index contributed by atoms with van der Waals surface area (Å²) in [5, 5.41) is 0. The standard InChI is InChI=1S/C14H20N/c1-13-7-5-6-10-15(11-13)12-14-8-3-2-4-9-14/h2-4,8-9,13H,1,5-7,10-12H2. The first-order chi connectivity index (χ1) is 7.34. The summed E-state index contributed by atoms with van der Waals surface area (Å²) in [6, 6.07) is 10.7. The second kappa shape index (κ2) is 5.32. The number of rotatable bonds is 2. The monoisotopic (exact) mass is 202 g/mol. The van der Waals surface area contributed by atoms with Gasteiger partial charge in [0.25, 0.3) is 0 Å². The van der Waals surface area contributed by atoms with Gasteiger partial charge in [0.15, 0.2) is 0 Å². The largest absolute Gasteiger partial charge is 0.299 e. The average Bonchev–Trinajstić information content (AvgIpc) is 2.44. The van der Waals surface area contributed by atoms with Gasteiger partial charge in [-0.3, -0.25) is 4.90 Å². The first-order valence-electron chi connectivity index (χ1n) is 5.94. The molecule has 0 aliphatic carbocycles. The molecule has 81 valence electrons. The fraction of sp³-hybridized carbons (Fsp3) is 0.500. The van der Waals surface area contributed by atoms with Gasteiger partial charge in [0.1, 0.15) is 0 Å². The van der Waals surface area contributed by atoms with Crippen molar-refractivity contribution in [1.82, 2.24) is 4.90 Å². The molecule has 0 saturated carbocycles. The third-order valence-corrected chi connectivity index (χ3v) is 3.10.